The van der Waals surface area contributed by atoms with Crippen molar-refractivity contribution in [2.75, 3.05) is 18.4 Å². The monoisotopic (exact) mass is 520 g/mol. The molecule has 186 valence electrons. The number of anilines is 1. The van der Waals surface area contributed by atoms with Gasteiger partial charge in [0.1, 0.15) is 11.4 Å². The summed E-state index contributed by atoms with van der Waals surface area (Å²) in [5, 5.41) is 6.70. The number of amides is 2. The first-order valence-corrected chi connectivity index (χ1v) is 13.8. The Morgan fingerprint density at radius 3 is 2.56 bits per heavy atom. The number of aryl methyl sites for hydroxylation is 1. The molecule has 2 aromatic carbocycles. The largest absolute Gasteiger partial charge is 0.491 e. The molecule has 4 aromatic rings. The van der Waals surface area contributed by atoms with Gasteiger partial charge in [0.25, 0.3) is 11.8 Å². The van der Waals surface area contributed by atoms with Crippen molar-refractivity contribution in [2.45, 2.75) is 45.6 Å². The molecule has 0 saturated carbocycles. The lowest BCUT2D eigenvalue weighted by atomic mass is 9.97. The molecule has 0 atom stereocenters. The van der Waals surface area contributed by atoms with Crippen LogP contribution in [0.4, 0.5) is 5.69 Å². The van der Waals surface area contributed by atoms with E-state index in [-0.39, 0.29) is 23.8 Å². The normalized spacial score (nSPS) is 14.4. The van der Waals surface area contributed by atoms with Crippen LogP contribution in [0.25, 0.3) is 10.2 Å². The Morgan fingerprint density at radius 1 is 1.08 bits per heavy atom. The fraction of sp³-hybridized carbons (Fsp3) is 0.333. The van der Waals surface area contributed by atoms with Gasteiger partial charge >= 0.3 is 0 Å². The number of nitrogens with one attached hydrogen (secondary N) is 1. The van der Waals surface area contributed by atoms with Crippen molar-refractivity contribution in [2.24, 2.45) is 0 Å². The van der Waals surface area contributed by atoms with Crippen LogP contribution in [0, 0.1) is 6.92 Å². The third-order valence-corrected chi connectivity index (χ3v) is 8.07. The van der Waals surface area contributed by atoms with E-state index in [0.29, 0.717) is 30.0 Å². The van der Waals surface area contributed by atoms with Gasteiger partial charge in [-0.25, -0.2) is 9.97 Å². The maximum Gasteiger partial charge on any atom is 0.275 e. The molecule has 9 heteroatoms. The Morgan fingerprint density at radius 2 is 1.83 bits per heavy atom. The number of thiazole rings is 2. The molecule has 1 fully saturated rings. The zero-order chi connectivity index (χ0) is 25.2. The van der Waals surface area contributed by atoms with E-state index in [4.69, 9.17) is 4.74 Å². The smallest absolute Gasteiger partial charge is 0.275 e. The lowest BCUT2D eigenvalue weighted by Gasteiger charge is -2.31. The third kappa shape index (κ3) is 5.42. The molecule has 2 amide bonds. The number of ether oxygens (including phenoxy) is 1. The highest BCUT2D eigenvalue weighted by Crippen LogP contribution is 2.31. The van der Waals surface area contributed by atoms with E-state index in [0.717, 1.165) is 38.8 Å². The van der Waals surface area contributed by atoms with Crippen LogP contribution >= 0.6 is 22.7 Å². The molecule has 2 aromatic heterocycles. The van der Waals surface area contributed by atoms with E-state index in [1.165, 1.54) is 11.3 Å². The Kier molecular flexibility index (Phi) is 7.02. The van der Waals surface area contributed by atoms with Crippen molar-refractivity contribution in [3.8, 4) is 5.75 Å². The summed E-state index contributed by atoms with van der Waals surface area (Å²) in [6.07, 6.45) is 1.75. The Balaban J connectivity index is 1.17. The first-order chi connectivity index (χ1) is 17.4. The minimum atomic E-state index is -0.221. The maximum atomic E-state index is 12.9. The van der Waals surface area contributed by atoms with Gasteiger partial charge in [0, 0.05) is 35.6 Å². The average molecular weight is 521 g/mol. The number of nitrogens with zero attached hydrogens (tertiary/aromatic N) is 3. The molecule has 0 unspecified atom stereocenters. The van der Waals surface area contributed by atoms with Crippen LogP contribution in [0.1, 0.15) is 63.5 Å². The number of likely N-dealkylation sites (tertiary alicyclic amines) is 1. The summed E-state index contributed by atoms with van der Waals surface area (Å²) < 4.78 is 6.77. The predicted octanol–water partition coefficient (Wildman–Crippen LogP) is 6.12. The standard InChI is InChI=1S/C27H28N4O3S2/c1-16(2)34-21-7-4-19(5-8-21)27(33)31-12-10-18(11-13-31)26-30-23(15-35-26)25(32)29-20-6-9-24-22(14-20)28-17(3)36-24/h4-9,14-16,18H,10-13H2,1-3H3,(H,29,32). The minimum absolute atomic E-state index is 0.0380. The van der Waals surface area contributed by atoms with Crippen molar-refractivity contribution < 1.29 is 14.3 Å². The summed E-state index contributed by atoms with van der Waals surface area (Å²) in [6, 6.07) is 13.1. The number of carbonyl (C=O) groups is 2. The van der Waals surface area contributed by atoms with E-state index in [1.54, 1.807) is 11.3 Å². The second kappa shape index (κ2) is 10.4. The number of hydrogen-bond acceptors (Lipinski definition) is 7. The van der Waals surface area contributed by atoms with Gasteiger partial charge in [0.05, 0.1) is 26.3 Å². The molecule has 1 aliphatic rings. The molecule has 5 rings (SSSR count). The van der Waals surface area contributed by atoms with E-state index in [2.05, 4.69) is 15.3 Å². The molecule has 0 bridgehead atoms. The van der Waals surface area contributed by atoms with Crippen LogP contribution < -0.4 is 10.1 Å². The van der Waals surface area contributed by atoms with Gasteiger partial charge in [0.15, 0.2) is 0 Å². The summed E-state index contributed by atoms with van der Waals surface area (Å²) in [6.45, 7) is 7.26. The van der Waals surface area contributed by atoms with Crippen molar-refractivity contribution in [3.63, 3.8) is 0 Å². The Labute approximate surface area is 218 Å². The van der Waals surface area contributed by atoms with Gasteiger partial charge in [0.2, 0.25) is 0 Å². The summed E-state index contributed by atoms with van der Waals surface area (Å²) in [4.78, 5) is 36.7. The summed E-state index contributed by atoms with van der Waals surface area (Å²) in [7, 11) is 0. The van der Waals surface area contributed by atoms with Crippen molar-refractivity contribution >= 4 is 50.4 Å². The Bertz CT molecular complexity index is 1390. The summed E-state index contributed by atoms with van der Waals surface area (Å²) in [5.41, 5.74) is 2.69. The van der Waals surface area contributed by atoms with Crippen LogP contribution in [0.3, 0.4) is 0 Å². The summed E-state index contributed by atoms with van der Waals surface area (Å²) >= 11 is 3.15. The number of benzene rings is 2. The van der Waals surface area contributed by atoms with Crippen LogP contribution in [0.2, 0.25) is 0 Å². The number of piperidine rings is 1. The first kappa shape index (κ1) is 24.4. The highest BCUT2D eigenvalue weighted by atomic mass is 32.1. The molecule has 3 heterocycles. The molecular formula is C27H28N4O3S2. The number of aromatic nitrogens is 2. The van der Waals surface area contributed by atoms with Gasteiger partial charge < -0.3 is 15.0 Å². The molecule has 7 nitrogen and oxygen atoms in total. The maximum absolute atomic E-state index is 12.9. The van der Waals surface area contributed by atoms with Crippen molar-refractivity contribution in [1.82, 2.24) is 14.9 Å². The van der Waals surface area contributed by atoms with Crippen LogP contribution in [-0.2, 0) is 0 Å². The number of carbonyl (C=O) groups excluding carboxylic acids is 2. The number of hydrogen-bond donors (Lipinski definition) is 1. The molecule has 0 aliphatic carbocycles. The Hall–Kier alpha value is -3.30. The fourth-order valence-electron chi connectivity index (χ4n) is 4.36. The topological polar surface area (TPSA) is 84.4 Å². The number of rotatable bonds is 6. The van der Waals surface area contributed by atoms with Gasteiger partial charge in [-0.3, -0.25) is 9.59 Å². The lowest BCUT2D eigenvalue weighted by Crippen LogP contribution is -2.37. The third-order valence-electron chi connectivity index (χ3n) is 6.11. The zero-order valence-electron chi connectivity index (χ0n) is 20.5. The van der Waals surface area contributed by atoms with E-state index >= 15 is 0 Å². The molecular weight excluding hydrogens is 492 g/mol. The molecule has 36 heavy (non-hydrogen) atoms. The highest BCUT2D eigenvalue weighted by Gasteiger charge is 2.27. The molecule has 1 saturated heterocycles. The van der Waals surface area contributed by atoms with Crippen molar-refractivity contribution in [3.05, 3.63) is 69.1 Å². The minimum Gasteiger partial charge on any atom is -0.491 e. The highest BCUT2D eigenvalue weighted by molar-refractivity contribution is 7.18. The second-order valence-corrected chi connectivity index (χ2v) is 11.3. The van der Waals surface area contributed by atoms with Gasteiger partial charge in [-0.2, -0.15) is 0 Å². The van der Waals surface area contributed by atoms with Gasteiger partial charge in [-0.05, 0) is 76.1 Å². The van der Waals surface area contributed by atoms with E-state index < -0.39 is 0 Å². The molecule has 1 N–H and O–H groups in total. The van der Waals surface area contributed by atoms with E-state index in [1.807, 2.05) is 73.5 Å². The summed E-state index contributed by atoms with van der Waals surface area (Å²) in [5.74, 6) is 0.830. The number of fused-ring (bicyclic) bond motifs is 1. The van der Waals surface area contributed by atoms with Gasteiger partial charge in [-0.15, -0.1) is 22.7 Å². The van der Waals surface area contributed by atoms with Gasteiger partial charge in [-0.1, -0.05) is 0 Å². The second-order valence-electron chi connectivity index (χ2n) is 9.20. The van der Waals surface area contributed by atoms with E-state index in [9.17, 15) is 9.59 Å². The molecule has 0 radical (unpaired) electrons. The zero-order valence-corrected chi connectivity index (χ0v) is 22.1. The van der Waals surface area contributed by atoms with Crippen molar-refractivity contribution in [1.29, 1.82) is 0 Å². The predicted molar refractivity (Wildman–Crippen MR) is 145 cm³/mol. The average Bonchev–Trinajstić information content (AvgIpc) is 3.50. The van der Waals surface area contributed by atoms with Crippen LogP contribution in [0.15, 0.2) is 47.8 Å². The van der Waals surface area contributed by atoms with Crippen LogP contribution in [-0.4, -0.2) is 45.9 Å². The fourth-order valence-corrected chi connectivity index (χ4v) is 6.13. The molecule has 1 aliphatic heterocycles. The lowest BCUT2D eigenvalue weighted by molar-refractivity contribution is 0.0713. The van der Waals surface area contributed by atoms with Crippen LogP contribution in [0.5, 0.6) is 5.75 Å². The molecule has 0 spiro atoms. The first-order valence-electron chi connectivity index (χ1n) is 12.1. The SMILES string of the molecule is Cc1nc2cc(NC(=O)c3csc(C4CCN(C(=O)c5ccc(OC(C)C)cc5)CC4)n3)ccc2s1. The quantitative estimate of drug-likeness (QED) is 0.331.